The van der Waals surface area contributed by atoms with Gasteiger partial charge in [-0.3, -0.25) is 4.79 Å². The van der Waals surface area contributed by atoms with Crippen molar-refractivity contribution in [3.8, 4) is 0 Å². The Kier molecular flexibility index (Phi) is 3.34. The number of carbonyl (C=O) groups is 2. The molecular weight excluding hydrogens is 232 g/mol. The van der Waals surface area contributed by atoms with Gasteiger partial charge in [0.05, 0.1) is 12.0 Å². The normalized spacial score (nSPS) is 14.2. The molecule has 1 aromatic rings. The quantitative estimate of drug-likeness (QED) is 0.857. The van der Waals surface area contributed by atoms with E-state index in [9.17, 15) is 9.59 Å². The second-order valence-electron chi connectivity index (χ2n) is 4.67. The molecule has 1 N–H and O–H groups in total. The minimum atomic E-state index is -0.961. The Morgan fingerprint density at radius 2 is 2.17 bits per heavy atom. The van der Waals surface area contributed by atoms with E-state index in [4.69, 9.17) is 5.11 Å². The number of benzene rings is 1. The number of hydrogen-bond donors (Lipinski definition) is 1. The van der Waals surface area contributed by atoms with E-state index in [1.165, 1.54) is 0 Å². The highest BCUT2D eigenvalue weighted by Crippen LogP contribution is 2.29. The summed E-state index contributed by atoms with van der Waals surface area (Å²) in [6.07, 6.45) is 0.296. The van der Waals surface area contributed by atoms with Crippen LogP contribution in [0.2, 0.25) is 0 Å². The maximum Gasteiger partial charge on any atom is 0.335 e. The first kappa shape index (κ1) is 12.6. The van der Waals surface area contributed by atoms with Gasteiger partial charge in [0, 0.05) is 18.8 Å². The van der Waals surface area contributed by atoms with Crippen molar-refractivity contribution in [2.24, 2.45) is 0 Å². The van der Waals surface area contributed by atoms with E-state index in [1.807, 2.05) is 19.0 Å². The lowest BCUT2D eigenvalue weighted by Gasteiger charge is -2.20. The highest BCUT2D eigenvalue weighted by Gasteiger charge is 2.27. The molecule has 1 aliphatic heterocycles. The molecule has 1 amide bonds. The lowest BCUT2D eigenvalue weighted by molar-refractivity contribution is -0.117. The molecule has 0 atom stereocenters. The predicted molar refractivity (Wildman–Crippen MR) is 68.0 cm³/mol. The second kappa shape index (κ2) is 4.78. The van der Waals surface area contributed by atoms with E-state index < -0.39 is 5.97 Å². The largest absolute Gasteiger partial charge is 0.478 e. The van der Waals surface area contributed by atoms with Gasteiger partial charge in [-0.25, -0.2) is 4.79 Å². The molecule has 5 heteroatoms. The minimum absolute atomic E-state index is 0.0365. The van der Waals surface area contributed by atoms with E-state index in [0.29, 0.717) is 13.0 Å². The van der Waals surface area contributed by atoms with Crippen LogP contribution in [0.5, 0.6) is 0 Å². The Bertz CT molecular complexity index is 497. The van der Waals surface area contributed by atoms with E-state index in [-0.39, 0.29) is 11.5 Å². The van der Waals surface area contributed by atoms with Crippen molar-refractivity contribution < 1.29 is 14.7 Å². The third kappa shape index (κ3) is 2.36. The van der Waals surface area contributed by atoms with Crippen LogP contribution in [-0.4, -0.2) is 49.1 Å². The van der Waals surface area contributed by atoms with Crippen molar-refractivity contribution in [1.82, 2.24) is 4.90 Å². The van der Waals surface area contributed by atoms with Crippen molar-refractivity contribution in [2.45, 2.75) is 6.42 Å². The Morgan fingerprint density at radius 1 is 1.44 bits per heavy atom. The van der Waals surface area contributed by atoms with Crippen LogP contribution in [0.1, 0.15) is 15.9 Å². The van der Waals surface area contributed by atoms with Gasteiger partial charge in [-0.1, -0.05) is 0 Å². The van der Waals surface area contributed by atoms with Gasteiger partial charge in [0.25, 0.3) is 0 Å². The van der Waals surface area contributed by atoms with E-state index in [0.717, 1.165) is 17.8 Å². The Labute approximate surface area is 106 Å². The lowest BCUT2D eigenvalue weighted by Crippen LogP contribution is -2.33. The van der Waals surface area contributed by atoms with Crippen molar-refractivity contribution in [2.75, 3.05) is 32.1 Å². The first-order valence-corrected chi connectivity index (χ1v) is 5.80. The molecule has 0 unspecified atom stereocenters. The van der Waals surface area contributed by atoms with Gasteiger partial charge in [0.2, 0.25) is 5.91 Å². The summed E-state index contributed by atoms with van der Waals surface area (Å²) in [5, 5.41) is 8.92. The van der Waals surface area contributed by atoms with Crippen LogP contribution >= 0.6 is 0 Å². The summed E-state index contributed by atoms with van der Waals surface area (Å²) < 4.78 is 0. The molecule has 1 aromatic carbocycles. The molecule has 18 heavy (non-hydrogen) atoms. The fourth-order valence-corrected chi connectivity index (χ4v) is 2.06. The van der Waals surface area contributed by atoms with Gasteiger partial charge in [-0.15, -0.1) is 0 Å². The van der Waals surface area contributed by atoms with Crippen LogP contribution < -0.4 is 4.90 Å². The number of nitrogens with zero attached hydrogens (tertiary/aromatic N) is 2. The van der Waals surface area contributed by atoms with Crippen LogP contribution in [0.25, 0.3) is 0 Å². The molecule has 0 spiro atoms. The number of hydrogen-bond acceptors (Lipinski definition) is 3. The zero-order valence-electron chi connectivity index (χ0n) is 10.5. The summed E-state index contributed by atoms with van der Waals surface area (Å²) in [5.41, 5.74) is 1.88. The lowest BCUT2D eigenvalue weighted by atomic mass is 10.1. The molecule has 0 saturated carbocycles. The maximum atomic E-state index is 11.9. The standard InChI is InChI=1S/C13H16N2O3/c1-14(2)5-6-15-11-4-3-9(13(17)18)7-10(11)8-12(15)16/h3-4,7H,5-6,8H2,1-2H3,(H,17,18). The fourth-order valence-electron chi connectivity index (χ4n) is 2.06. The van der Waals surface area contributed by atoms with Crippen molar-refractivity contribution in [1.29, 1.82) is 0 Å². The molecule has 1 aliphatic rings. The van der Waals surface area contributed by atoms with Crippen LogP contribution in [0.15, 0.2) is 18.2 Å². The van der Waals surface area contributed by atoms with Crippen LogP contribution in [-0.2, 0) is 11.2 Å². The van der Waals surface area contributed by atoms with Gasteiger partial charge in [-0.2, -0.15) is 0 Å². The van der Waals surface area contributed by atoms with Crippen LogP contribution in [0, 0.1) is 0 Å². The van der Waals surface area contributed by atoms with E-state index in [2.05, 4.69) is 0 Å². The first-order chi connectivity index (χ1) is 8.49. The molecule has 0 aromatic heterocycles. The SMILES string of the molecule is CN(C)CCN1C(=O)Cc2cc(C(=O)O)ccc21. The Balaban J connectivity index is 2.24. The second-order valence-corrected chi connectivity index (χ2v) is 4.67. The summed E-state index contributed by atoms with van der Waals surface area (Å²) in [7, 11) is 3.91. The summed E-state index contributed by atoms with van der Waals surface area (Å²) >= 11 is 0. The first-order valence-electron chi connectivity index (χ1n) is 5.80. The number of rotatable bonds is 4. The topological polar surface area (TPSA) is 60.9 Å². The average Bonchev–Trinajstić information content (AvgIpc) is 2.60. The molecular formula is C13H16N2O3. The van der Waals surface area contributed by atoms with Crippen LogP contribution in [0.4, 0.5) is 5.69 Å². The maximum absolute atomic E-state index is 11.9. The van der Waals surface area contributed by atoms with Gasteiger partial charge in [0.15, 0.2) is 0 Å². The summed E-state index contributed by atoms with van der Waals surface area (Å²) in [6.45, 7) is 1.41. The number of amides is 1. The molecule has 0 radical (unpaired) electrons. The number of aromatic carboxylic acids is 1. The number of carboxylic acid groups (broad SMARTS) is 1. The van der Waals surface area contributed by atoms with Crippen molar-refractivity contribution in [3.05, 3.63) is 29.3 Å². The minimum Gasteiger partial charge on any atom is -0.478 e. The number of carbonyl (C=O) groups excluding carboxylic acids is 1. The average molecular weight is 248 g/mol. The van der Waals surface area contributed by atoms with E-state index in [1.54, 1.807) is 23.1 Å². The Morgan fingerprint density at radius 3 is 2.78 bits per heavy atom. The molecule has 0 saturated heterocycles. The summed E-state index contributed by atoms with van der Waals surface area (Å²) in [6, 6.07) is 4.85. The monoisotopic (exact) mass is 248 g/mol. The molecule has 0 fully saturated rings. The zero-order valence-corrected chi connectivity index (χ0v) is 10.5. The Hall–Kier alpha value is -1.88. The number of likely N-dealkylation sites (N-methyl/N-ethyl adjacent to an activating group) is 1. The molecule has 2 rings (SSSR count). The van der Waals surface area contributed by atoms with E-state index >= 15 is 0 Å². The molecule has 0 bridgehead atoms. The van der Waals surface area contributed by atoms with Gasteiger partial charge < -0.3 is 14.9 Å². The molecule has 0 aliphatic carbocycles. The van der Waals surface area contributed by atoms with Crippen molar-refractivity contribution in [3.63, 3.8) is 0 Å². The molecule has 96 valence electrons. The van der Waals surface area contributed by atoms with Crippen LogP contribution in [0.3, 0.4) is 0 Å². The van der Waals surface area contributed by atoms with Crippen molar-refractivity contribution >= 4 is 17.6 Å². The predicted octanol–water partition coefficient (Wildman–Crippen LogP) is 0.835. The van der Waals surface area contributed by atoms with Gasteiger partial charge in [-0.05, 0) is 37.9 Å². The molecule has 1 heterocycles. The third-order valence-corrected chi connectivity index (χ3v) is 3.03. The highest BCUT2D eigenvalue weighted by atomic mass is 16.4. The third-order valence-electron chi connectivity index (χ3n) is 3.03. The summed E-state index contributed by atoms with van der Waals surface area (Å²) in [4.78, 5) is 26.5. The summed E-state index contributed by atoms with van der Waals surface area (Å²) in [5.74, 6) is -0.925. The zero-order chi connectivity index (χ0) is 13.3. The smallest absolute Gasteiger partial charge is 0.335 e. The van der Waals surface area contributed by atoms with Gasteiger partial charge >= 0.3 is 5.97 Å². The molecule has 5 nitrogen and oxygen atoms in total. The fraction of sp³-hybridized carbons (Fsp3) is 0.385. The number of fused-ring (bicyclic) bond motifs is 1. The number of carboxylic acids is 1. The van der Waals surface area contributed by atoms with Gasteiger partial charge in [0.1, 0.15) is 0 Å². The number of anilines is 1. The highest BCUT2D eigenvalue weighted by molar-refractivity contribution is 6.02.